The summed E-state index contributed by atoms with van der Waals surface area (Å²) in [5, 5.41) is 3.04. The molecule has 1 N–H and O–H groups in total. The molecule has 0 bridgehead atoms. The molecule has 0 radical (unpaired) electrons. The Morgan fingerprint density at radius 2 is 2.14 bits per heavy atom. The van der Waals surface area contributed by atoms with Gasteiger partial charge in [-0.3, -0.25) is 9.78 Å². The summed E-state index contributed by atoms with van der Waals surface area (Å²) < 4.78 is 0. The van der Waals surface area contributed by atoms with Gasteiger partial charge in [0.2, 0.25) is 5.91 Å². The average molecular weight is 296 g/mol. The van der Waals surface area contributed by atoms with E-state index in [1.807, 2.05) is 30.3 Å². The van der Waals surface area contributed by atoms with Crippen molar-refractivity contribution >= 4 is 11.7 Å². The number of benzene rings is 1. The van der Waals surface area contributed by atoms with Gasteiger partial charge in [0.1, 0.15) is 5.82 Å². The minimum absolute atomic E-state index is 0.0134. The Hall–Kier alpha value is -2.43. The summed E-state index contributed by atoms with van der Waals surface area (Å²) in [6, 6.07) is 9.99. The van der Waals surface area contributed by atoms with Crippen LogP contribution >= 0.6 is 0 Å². The second-order valence-electron chi connectivity index (χ2n) is 5.55. The minimum atomic E-state index is 0.0134. The zero-order valence-electron chi connectivity index (χ0n) is 12.5. The summed E-state index contributed by atoms with van der Waals surface area (Å²) in [6.07, 6.45) is 7.04. The number of carbonyl (C=O) groups is 1. The van der Waals surface area contributed by atoms with Crippen molar-refractivity contribution in [2.24, 2.45) is 5.92 Å². The van der Waals surface area contributed by atoms with Gasteiger partial charge in [-0.05, 0) is 18.4 Å². The van der Waals surface area contributed by atoms with E-state index in [1.165, 1.54) is 0 Å². The molecule has 22 heavy (non-hydrogen) atoms. The normalized spacial score (nSPS) is 18.0. The lowest BCUT2D eigenvalue weighted by molar-refractivity contribution is -0.125. The number of hydrogen-bond acceptors (Lipinski definition) is 4. The maximum atomic E-state index is 12.4. The standard InChI is InChI=1S/C17H20N4O/c22-17(20-11-14-5-2-1-3-6-14)15-7-4-10-21(13-15)16-12-18-8-9-19-16/h1-3,5-6,8-9,12,15H,4,7,10-11,13H2,(H,20,22)/t15-/m1/s1. The number of rotatable bonds is 4. The van der Waals surface area contributed by atoms with E-state index in [4.69, 9.17) is 0 Å². The third-order valence-corrected chi connectivity index (χ3v) is 3.98. The lowest BCUT2D eigenvalue weighted by Crippen LogP contribution is -2.43. The minimum Gasteiger partial charge on any atom is -0.355 e. The SMILES string of the molecule is O=C(NCc1ccccc1)[C@@H]1CCCN(c2cnccn2)C1. The molecule has 5 heteroatoms. The van der Waals surface area contributed by atoms with Crippen LogP contribution in [0.2, 0.25) is 0 Å². The molecule has 1 amide bonds. The zero-order valence-corrected chi connectivity index (χ0v) is 12.5. The number of amides is 1. The number of piperidine rings is 1. The van der Waals surface area contributed by atoms with E-state index >= 15 is 0 Å². The first-order valence-corrected chi connectivity index (χ1v) is 7.65. The molecule has 1 aliphatic heterocycles. The van der Waals surface area contributed by atoms with Gasteiger partial charge >= 0.3 is 0 Å². The van der Waals surface area contributed by atoms with Gasteiger partial charge in [0.25, 0.3) is 0 Å². The molecule has 0 aliphatic carbocycles. The van der Waals surface area contributed by atoms with Crippen molar-refractivity contribution in [3.05, 3.63) is 54.5 Å². The fraction of sp³-hybridized carbons (Fsp3) is 0.353. The highest BCUT2D eigenvalue weighted by Gasteiger charge is 2.26. The number of aromatic nitrogens is 2. The van der Waals surface area contributed by atoms with E-state index in [9.17, 15) is 4.79 Å². The molecule has 114 valence electrons. The molecule has 1 fully saturated rings. The summed E-state index contributed by atoms with van der Waals surface area (Å²) in [7, 11) is 0. The molecule has 5 nitrogen and oxygen atoms in total. The smallest absolute Gasteiger partial charge is 0.225 e. The van der Waals surface area contributed by atoms with Gasteiger partial charge in [-0.2, -0.15) is 0 Å². The van der Waals surface area contributed by atoms with E-state index < -0.39 is 0 Å². The number of carbonyl (C=O) groups excluding carboxylic acids is 1. The number of nitrogens with zero attached hydrogens (tertiary/aromatic N) is 3. The van der Waals surface area contributed by atoms with Crippen LogP contribution in [0.1, 0.15) is 18.4 Å². The number of hydrogen-bond donors (Lipinski definition) is 1. The molecule has 0 unspecified atom stereocenters. The van der Waals surface area contributed by atoms with E-state index in [2.05, 4.69) is 20.2 Å². The summed E-state index contributed by atoms with van der Waals surface area (Å²) in [6.45, 7) is 2.22. The van der Waals surface area contributed by atoms with E-state index in [0.717, 1.165) is 30.8 Å². The molecule has 1 aromatic heterocycles. The highest BCUT2D eigenvalue weighted by molar-refractivity contribution is 5.79. The highest BCUT2D eigenvalue weighted by atomic mass is 16.1. The monoisotopic (exact) mass is 296 g/mol. The molecule has 2 aromatic rings. The van der Waals surface area contributed by atoms with Crippen LogP contribution in [-0.2, 0) is 11.3 Å². The van der Waals surface area contributed by atoms with Crippen LogP contribution in [0.15, 0.2) is 48.9 Å². The first-order chi connectivity index (χ1) is 10.8. The Morgan fingerprint density at radius 3 is 2.91 bits per heavy atom. The third kappa shape index (κ3) is 3.61. The fourth-order valence-electron chi connectivity index (χ4n) is 2.78. The van der Waals surface area contributed by atoms with Crippen LogP contribution in [0, 0.1) is 5.92 Å². The van der Waals surface area contributed by atoms with E-state index in [1.54, 1.807) is 18.6 Å². The van der Waals surface area contributed by atoms with Crippen molar-refractivity contribution in [3.8, 4) is 0 Å². The average Bonchev–Trinajstić information content (AvgIpc) is 2.61. The van der Waals surface area contributed by atoms with Gasteiger partial charge < -0.3 is 10.2 Å². The molecule has 1 atom stereocenters. The Bertz CT molecular complexity index is 603. The Labute approximate surface area is 130 Å². The lowest BCUT2D eigenvalue weighted by Gasteiger charge is -2.32. The predicted octanol–water partition coefficient (Wildman–Crippen LogP) is 2.01. The van der Waals surface area contributed by atoms with Crippen molar-refractivity contribution in [2.75, 3.05) is 18.0 Å². The van der Waals surface area contributed by atoms with Crippen molar-refractivity contribution in [1.29, 1.82) is 0 Å². The fourth-order valence-corrected chi connectivity index (χ4v) is 2.78. The zero-order chi connectivity index (χ0) is 15.2. The van der Waals surface area contributed by atoms with E-state index in [0.29, 0.717) is 13.1 Å². The summed E-state index contributed by atoms with van der Waals surface area (Å²) in [5.74, 6) is 0.986. The van der Waals surface area contributed by atoms with Crippen LogP contribution in [0.4, 0.5) is 5.82 Å². The van der Waals surface area contributed by atoms with Crippen LogP contribution in [-0.4, -0.2) is 29.0 Å². The lowest BCUT2D eigenvalue weighted by atomic mass is 9.97. The second kappa shape index (κ2) is 7.02. The maximum absolute atomic E-state index is 12.4. The molecular formula is C17H20N4O. The quantitative estimate of drug-likeness (QED) is 0.937. The van der Waals surface area contributed by atoms with Crippen molar-refractivity contribution < 1.29 is 4.79 Å². The summed E-state index contributed by atoms with van der Waals surface area (Å²) in [5.41, 5.74) is 1.12. The number of anilines is 1. The van der Waals surface area contributed by atoms with Crippen molar-refractivity contribution in [3.63, 3.8) is 0 Å². The summed E-state index contributed by atoms with van der Waals surface area (Å²) >= 11 is 0. The molecular weight excluding hydrogens is 276 g/mol. The highest BCUT2D eigenvalue weighted by Crippen LogP contribution is 2.21. The first-order valence-electron chi connectivity index (χ1n) is 7.65. The van der Waals surface area contributed by atoms with Gasteiger partial charge in [0, 0.05) is 32.0 Å². The van der Waals surface area contributed by atoms with Gasteiger partial charge in [0.15, 0.2) is 0 Å². The van der Waals surface area contributed by atoms with Gasteiger partial charge in [-0.15, -0.1) is 0 Å². The second-order valence-corrected chi connectivity index (χ2v) is 5.55. The molecule has 0 spiro atoms. The predicted molar refractivity (Wildman–Crippen MR) is 85.3 cm³/mol. The van der Waals surface area contributed by atoms with Crippen LogP contribution in [0.25, 0.3) is 0 Å². The first kappa shape index (κ1) is 14.5. The topological polar surface area (TPSA) is 58.1 Å². The number of nitrogens with one attached hydrogen (secondary N) is 1. The molecule has 1 saturated heterocycles. The van der Waals surface area contributed by atoms with Crippen molar-refractivity contribution in [2.45, 2.75) is 19.4 Å². The third-order valence-electron chi connectivity index (χ3n) is 3.98. The summed E-state index contributed by atoms with van der Waals surface area (Å²) in [4.78, 5) is 22.9. The van der Waals surface area contributed by atoms with Crippen molar-refractivity contribution in [1.82, 2.24) is 15.3 Å². The van der Waals surface area contributed by atoms with Crippen LogP contribution < -0.4 is 10.2 Å². The molecule has 1 aliphatic rings. The Balaban J connectivity index is 1.56. The molecule has 2 heterocycles. The van der Waals surface area contributed by atoms with Crippen LogP contribution in [0.5, 0.6) is 0 Å². The Morgan fingerprint density at radius 1 is 1.27 bits per heavy atom. The maximum Gasteiger partial charge on any atom is 0.225 e. The van der Waals surface area contributed by atoms with Gasteiger partial charge in [-0.1, -0.05) is 30.3 Å². The Kier molecular flexibility index (Phi) is 4.63. The largest absolute Gasteiger partial charge is 0.355 e. The van der Waals surface area contributed by atoms with E-state index in [-0.39, 0.29) is 11.8 Å². The van der Waals surface area contributed by atoms with Crippen LogP contribution in [0.3, 0.4) is 0 Å². The van der Waals surface area contributed by atoms with Gasteiger partial charge in [-0.25, -0.2) is 4.98 Å². The van der Waals surface area contributed by atoms with Gasteiger partial charge in [0.05, 0.1) is 12.1 Å². The molecule has 3 rings (SSSR count). The molecule has 1 aromatic carbocycles. The molecule has 0 saturated carbocycles.